The molecule has 0 aliphatic rings. The van der Waals surface area contributed by atoms with E-state index < -0.39 is 32.4 Å². The first kappa shape index (κ1) is 12.3. The van der Waals surface area contributed by atoms with Crippen molar-refractivity contribution in [2.45, 2.75) is 16.8 Å². The average molecular weight is 245 g/mol. The highest BCUT2D eigenvalue weighted by molar-refractivity contribution is 7.92. The highest BCUT2D eigenvalue weighted by atomic mass is 35.5. The third-order valence-corrected chi connectivity index (χ3v) is 2.87. The molecule has 0 fully saturated rings. The molecule has 0 aliphatic carbocycles. The van der Waals surface area contributed by atoms with Crippen molar-refractivity contribution in [1.29, 1.82) is 0 Å². The molecule has 74 valence electrons. The lowest BCUT2D eigenvalue weighted by Gasteiger charge is -2.07. The van der Waals surface area contributed by atoms with Crippen molar-refractivity contribution in [2.75, 3.05) is 5.75 Å². The molecule has 0 N–H and O–H groups in total. The van der Waals surface area contributed by atoms with Crippen molar-refractivity contribution < 1.29 is 21.6 Å². The Labute approximate surface area is 77.6 Å². The third-order valence-electron chi connectivity index (χ3n) is 0.957. The molecule has 0 radical (unpaired) electrons. The van der Waals surface area contributed by atoms with Crippen LogP contribution in [-0.4, -0.2) is 24.5 Å². The maximum absolute atomic E-state index is 11.6. The van der Waals surface area contributed by atoms with Crippen molar-refractivity contribution in [3.63, 3.8) is 0 Å². The largest absolute Gasteiger partial charge is 0.497 e. The zero-order valence-corrected chi connectivity index (χ0v) is 7.93. The van der Waals surface area contributed by atoms with E-state index in [2.05, 4.69) is 0 Å². The van der Waals surface area contributed by atoms with Gasteiger partial charge in [0.05, 0.1) is 5.75 Å². The highest BCUT2D eigenvalue weighted by Gasteiger charge is 2.44. The number of hydrogen-bond acceptors (Lipinski definition) is 2. The maximum Gasteiger partial charge on any atom is 0.497 e. The van der Waals surface area contributed by atoms with E-state index in [1.54, 1.807) is 0 Å². The number of rotatable bonds is 3. The van der Waals surface area contributed by atoms with Gasteiger partial charge in [0.25, 0.3) is 0 Å². The van der Waals surface area contributed by atoms with Crippen LogP contribution in [0.25, 0.3) is 0 Å². The van der Waals surface area contributed by atoms with Crippen LogP contribution >= 0.6 is 23.2 Å². The van der Waals surface area contributed by atoms with Crippen molar-refractivity contribution in [3.8, 4) is 0 Å². The van der Waals surface area contributed by atoms with Gasteiger partial charge in [-0.3, -0.25) is 0 Å². The molecule has 0 heterocycles. The van der Waals surface area contributed by atoms with Crippen LogP contribution in [0.2, 0.25) is 0 Å². The first-order chi connectivity index (χ1) is 5.17. The van der Waals surface area contributed by atoms with Crippen molar-refractivity contribution in [1.82, 2.24) is 0 Å². The van der Waals surface area contributed by atoms with Crippen LogP contribution in [0.1, 0.15) is 6.42 Å². The van der Waals surface area contributed by atoms with Crippen LogP contribution in [-0.2, 0) is 9.84 Å². The molecule has 0 aromatic heterocycles. The van der Waals surface area contributed by atoms with E-state index in [9.17, 15) is 21.6 Å². The quantitative estimate of drug-likeness (QED) is 0.713. The van der Waals surface area contributed by atoms with Gasteiger partial charge in [-0.15, -0.1) is 23.2 Å². The fourth-order valence-electron chi connectivity index (χ4n) is 0.360. The molecule has 0 bridgehead atoms. The van der Waals surface area contributed by atoms with Gasteiger partial charge in [-0.25, -0.2) is 8.42 Å². The van der Waals surface area contributed by atoms with Gasteiger partial charge >= 0.3 is 5.51 Å². The molecule has 0 unspecified atom stereocenters. The predicted octanol–water partition coefficient (Wildman–Crippen LogP) is 2.11. The van der Waals surface area contributed by atoms with Gasteiger partial charge in [0.2, 0.25) is 9.84 Å². The van der Waals surface area contributed by atoms with E-state index in [-0.39, 0.29) is 0 Å². The molecule has 0 aromatic carbocycles. The summed E-state index contributed by atoms with van der Waals surface area (Å²) in [7, 11) is -5.06. The summed E-state index contributed by atoms with van der Waals surface area (Å²) in [5, 5.41) is 0. The van der Waals surface area contributed by atoms with E-state index in [1.165, 1.54) is 0 Å². The van der Waals surface area contributed by atoms with Crippen molar-refractivity contribution in [3.05, 3.63) is 0 Å². The van der Waals surface area contributed by atoms with E-state index in [0.29, 0.717) is 0 Å². The molecular weight excluding hydrogens is 240 g/mol. The summed E-state index contributed by atoms with van der Waals surface area (Å²) in [6.45, 7) is 0. The summed E-state index contributed by atoms with van der Waals surface area (Å²) in [6, 6.07) is 0. The van der Waals surface area contributed by atoms with Crippen LogP contribution in [0.5, 0.6) is 0 Å². The van der Waals surface area contributed by atoms with Crippen LogP contribution in [0, 0.1) is 0 Å². The van der Waals surface area contributed by atoms with Gasteiger partial charge in [-0.1, -0.05) is 0 Å². The monoisotopic (exact) mass is 244 g/mol. The molecule has 0 aliphatic heterocycles. The van der Waals surface area contributed by atoms with Gasteiger partial charge in [-0.2, -0.15) is 13.2 Å². The second-order valence-corrected chi connectivity index (χ2v) is 5.32. The molecule has 0 spiro atoms. The first-order valence-electron chi connectivity index (χ1n) is 2.74. The highest BCUT2D eigenvalue weighted by Crippen LogP contribution is 2.25. The molecule has 0 saturated carbocycles. The van der Waals surface area contributed by atoms with Crippen molar-refractivity contribution in [2.24, 2.45) is 0 Å². The smallest absolute Gasteiger partial charge is 0.220 e. The lowest BCUT2D eigenvalue weighted by molar-refractivity contribution is -0.0435. The minimum Gasteiger partial charge on any atom is -0.220 e. The summed E-state index contributed by atoms with van der Waals surface area (Å²) < 4.78 is 55.5. The minimum atomic E-state index is -5.21. The summed E-state index contributed by atoms with van der Waals surface area (Å²) in [6.07, 6.45) is -0.426. The Kier molecular flexibility index (Phi) is 4.13. The minimum absolute atomic E-state index is 0.426. The second kappa shape index (κ2) is 4.02. The maximum atomic E-state index is 11.6. The zero-order chi connectivity index (χ0) is 9.99. The number of hydrogen-bond donors (Lipinski definition) is 0. The molecule has 0 atom stereocenters. The zero-order valence-electron chi connectivity index (χ0n) is 5.61. The third kappa shape index (κ3) is 3.82. The Morgan fingerprint density at radius 1 is 1.25 bits per heavy atom. The molecule has 0 saturated heterocycles. The Balaban J connectivity index is 4.27. The average Bonchev–Trinajstić information content (AvgIpc) is 1.81. The van der Waals surface area contributed by atoms with Crippen LogP contribution in [0.3, 0.4) is 0 Å². The van der Waals surface area contributed by atoms with E-state index >= 15 is 0 Å². The van der Waals surface area contributed by atoms with Gasteiger partial charge in [0.15, 0.2) is 0 Å². The molecule has 12 heavy (non-hydrogen) atoms. The van der Waals surface area contributed by atoms with Gasteiger partial charge in [-0.05, 0) is 6.42 Å². The van der Waals surface area contributed by atoms with E-state index in [1.807, 2.05) is 0 Å². The topological polar surface area (TPSA) is 34.1 Å². The number of sulfone groups is 1. The van der Waals surface area contributed by atoms with Gasteiger partial charge in [0.1, 0.15) is 4.84 Å². The van der Waals surface area contributed by atoms with Crippen LogP contribution < -0.4 is 0 Å². The fourth-order valence-corrected chi connectivity index (χ4v) is 1.61. The molecular formula is C4H5Cl2F3O2S. The Morgan fingerprint density at radius 3 is 1.92 bits per heavy atom. The molecule has 2 nitrogen and oxygen atoms in total. The number of alkyl halides is 5. The molecule has 8 heteroatoms. The number of halogens is 5. The Hall–Kier alpha value is 0.320. The normalized spacial score (nSPS) is 13.8. The summed E-state index contributed by atoms with van der Waals surface area (Å²) in [5.41, 5.74) is -5.21. The summed E-state index contributed by atoms with van der Waals surface area (Å²) in [4.78, 5) is -1.10. The first-order valence-corrected chi connectivity index (χ1v) is 5.26. The second-order valence-electron chi connectivity index (χ2n) is 1.94. The Bertz CT molecular complexity index is 233. The van der Waals surface area contributed by atoms with Crippen LogP contribution in [0.15, 0.2) is 0 Å². The molecule has 0 rings (SSSR count). The molecule has 0 aromatic rings. The Morgan fingerprint density at radius 2 is 1.67 bits per heavy atom. The lowest BCUT2D eigenvalue weighted by Crippen LogP contribution is -2.26. The fraction of sp³-hybridized carbons (Fsp3) is 1.00. The van der Waals surface area contributed by atoms with E-state index in [4.69, 9.17) is 23.2 Å². The van der Waals surface area contributed by atoms with Gasteiger partial charge in [0, 0.05) is 0 Å². The van der Waals surface area contributed by atoms with E-state index in [0.717, 1.165) is 0 Å². The van der Waals surface area contributed by atoms with Gasteiger partial charge < -0.3 is 0 Å². The van der Waals surface area contributed by atoms with Crippen molar-refractivity contribution >= 4 is 33.0 Å². The van der Waals surface area contributed by atoms with Crippen LogP contribution in [0.4, 0.5) is 13.2 Å². The molecule has 0 amide bonds. The standard InChI is InChI=1S/C4H5Cl2F3O2S/c5-3(6)1-2-12(10,11)4(7,8)9/h3H,1-2H2. The predicted molar refractivity (Wildman–Crippen MR) is 40.0 cm³/mol. The summed E-state index contributed by atoms with van der Waals surface area (Å²) >= 11 is 10.1. The lowest BCUT2D eigenvalue weighted by atomic mass is 10.6. The summed E-state index contributed by atoms with van der Waals surface area (Å²) in [5.74, 6) is -1.08. The SMILES string of the molecule is O=S(=O)(CCC(Cl)Cl)C(F)(F)F.